The number of hydrogen-bond donors (Lipinski definition) is 2. The number of nitrogens with one attached hydrogen (secondary N) is 1. The Labute approximate surface area is 109 Å². The maximum atomic E-state index is 11.8. The largest absolute Gasteiger partial charge is 0.468 e. The van der Waals surface area contributed by atoms with E-state index in [0.29, 0.717) is 0 Å². The zero-order valence-corrected chi connectivity index (χ0v) is 12.2. The number of hydrogen-bond acceptors (Lipinski definition) is 3. The van der Waals surface area contributed by atoms with Crippen LogP contribution in [0, 0.1) is 10.8 Å². The smallest absolute Gasteiger partial charge is 0.409 e. The van der Waals surface area contributed by atoms with E-state index in [0.717, 1.165) is 0 Å². The number of methoxy groups -OCH3 is 1. The molecule has 0 aliphatic heterocycles. The number of carbonyl (C=O) groups is 2. The van der Waals surface area contributed by atoms with E-state index >= 15 is 0 Å². The van der Waals surface area contributed by atoms with Crippen LogP contribution in [0.25, 0.3) is 0 Å². The Morgan fingerprint density at radius 2 is 1.76 bits per heavy atom. The predicted octanol–water partition coefficient (Wildman–Crippen LogP) is 2.72. The van der Waals surface area contributed by atoms with Gasteiger partial charge in [-0.05, 0) is 34.3 Å². The zero-order valence-electron chi connectivity index (χ0n) is 10.6. The van der Waals surface area contributed by atoms with Gasteiger partial charge in [0.1, 0.15) is 0 Å². The van der Waals surface area contributed by atoms with Gasteiger partial charge in [0.15, 0.2) is 0 Å². The molecule has 1 unspecified atom stereocenters. The van der Waals surface area contributed by atoms with Crippen LogP contribution in [-0.4, -0.2) is 24.3 Å². The summed E-state index contributed by atoms with van der Waals surface area (Å²) in [5.41, 5.74) is -1.36. The standard InChI is InChI=1S/C11H18BrNO4/c1-10(2,3)11(4,8(14)17-5)6-7(12)13-9(15)16/h6,13H,1-5H3,(H,15,16)/b7-6-. The molecule has 0 aliphatic rings. The second-order valence-corrected chi connectivity index (χ2v) is 5.72. The number of carboxylic acid groups (broad SMARTS) is 1. The van der Waals surface area contributed by atoms with Crippen LogP contribution >= 0.6 is 15.9 Å². The van der Waals surface area contributed by atoms with Crippen molar-refractivity contribution in [3.8, 4) is 0 Å². The SMILES string of the molecule is COC(=O)C(C)(/C=C(/Br)NC(=O)O)C(C)(C)C. The van der Waals surface area contributed by atoms with Crippen molar-refractivity contribution >= 4 is 28.0 Å². The molecular weight excluding hydrogens is 290 g/mol. The molecule has 0 aromatic rings. The van der Waals surface area contributed by atoms with E-state index in [1.807, 2.05) is 20.8 Å². The van der Waals surface area contributed by atoms with Crippen LogP contribution in [0.4, 0.5) is 4.79 Å². The van der Waals surface area contributed by atoms with E-state index in [-0.39, 0.29) is 4.61 Å². The van der Waals surface area contributed by atoms with Gasteiger partial charge in [0.05, 0.1) is 17.1 Å². The summed E-state index contributed by atoms with van der Waals surface area (Å²) < 4.78 is 4.98. The lowest BCUT2D eigenvalue weighted by molar-refractivity contribution is -0.154. The van der Waals surface area contributed by atoms with Crippen molar-refractivity contribution in [2.24, 2.45) is 10.8 Å². The average Bonchev–Trinajstić information content (AvgIpc) is 2.12. The molecule has 0 bridgehead atoms. The number of rotatable bonds is 3. The third-order valence-electron chi connectivity index (χ3n) is 2.81. The number of carbonyl (C=O) groups excluding carboxylic acids is 1. The molecule has 1 atom stereocenters. The molecule has 17 heavy (non-hydrogen) atoms. The highest BCUT2D eigenvalue weighted by Gasteiger charge is 2.44. The minimum atomic E-state index is -1.20. The monoisotopic (exact) mass is 307 g/mol. The molecule has 0 fully saturated rings. The summed E-state index contributed by atoms with van der Waals surface area (Å²) in [5.74, 6) is -0.422. The summed E-state index contributed by atoms with van der Waals surface area (Å²) in [4.78, 5) is 22.3. The molecule has 5 nitrogen and oxygen atoms in total. The lowest BCUT2D eigenvalue weighted by Gasteiger charge is -2.36. The third-order valence-corrected chi connectivity index (χ3v) is 3.24. The van der Waals surface area contributed by atoms with E-state index in [1.165, 1.54) is 13.2 Å². The minimum Gasteiger partial charge on any atom is -0.468 e. The molecule has 0 spiro atoms. The summed E-state index contributed by atoms with van der Waals surface area (Å²) in [7, 11) is 1.30. The first-order valence-electron chi connectivity index (χ1n) is 5.01. The molecule has 1 amide bonds. The summed E-state index contributed by atoms with van der Waals surface area (Å²) in [5, 5.41) is 10.7. The Kier molecular flexibility index (Phi) is 5.19. The highest BCUT2D eigenvalue weighted by atomic mass is 79.9. The van der Waals surface area contributed by atoms with Crippen molar-refractivity contribution in [1.29, 1.82) is 0 Å². The van der Waals surface area contributed by atoms with Gasteiger partial charge in [-0.15, -0.1) is 0 Å². The van der Waals surface area contributed by atoms with Gasteiger partial charge in [0.2, 0.25) is 0 Å². The maximum Gasteiger partial charge on any atom is 0.409 e. The lowest BCUT2D eigenvalue weighted by atomic mass is 9.68. The summed E-state index contributed by atoms with van der Waals surface area (Å²) >= 11 is 3.07. The number of esters is 1. The van der Waals surface area contributed by atoms with E-state index in [2.05, 4.69) is 21.2 Å². The molecule has 0 aliphatic carbocycles. The van der Waals surface area contributed by atoms with Crippen molar-refractivity contribution in [3.05, 3.63) is 10.7 Å². The van der Waals surface area contributed by atoms with Crippen LogP contribution in [0.5, 0.6) is 0 Å². The Bertz CT molecular complexity index is 346. The highest BCUT2D eigenvalue weighted by molar-refractivity contribution is 9.11. The van der Waals surface area contributed by atoms with Crippen LogP contribution in [0.3, 0.4) is 0 Å². The van der Waals surface area contributed by atoms with Crippen LogP contribution in [0.1, 0.15) is 27.7 Å². The number of ether oxygens (including phenoxy) is 1. The molecule has 0 heterocycles. The Morgan fingerprint density at radius 3 is 2.06 bits per heavy atom. The quantitative estimate of drug-likeness (QED) is 0.621. The van der Waals surface area contributed by atoms with E-state index < -0.39 is 22.9 Å². The summed E-state index contributed by atoms with van der Waals surface area (Å²) in [6.45, 7) is 7.33. The molecule has 0 aromatic carbocycles. The van der Waals surface area contributed by atoms with Crippen molar-refractivity contribution < 1.29 is 19.4 Å². The molecule has 2 N–H and O–H groups in total. The Hall–Kier alpha value is -1.04. The van der Waals surface area contributed by atoms with Crippen LogP contribution in [0.2, 0.25) is 0 Å². The third kappa shape index (κ3) is 4.03. The van der Waals surface area contributed by atoms with Gasteiger partial charge < -0.3 is 9.84 Å². The van der Waals surface area contributed by atoms with Crippen LogP contribution < -0.4 is 5.32 Å². The van der Waals surface area contributed by atoms with Crippen molar-refractivity contribution in [1.82, 2.24) is 5.32 Å². The van der Waals surface area contributed by atoms with Crippen molar-refractivity contribution in [3.63, 3.8) is 0 Å². The molecule has 6 heteroatoms. The van der Waals surface area contributed by atoms with Gasteiger partial charge in [-0.1, -0.05) is 20.8 Å². The molecule has 0 radical (unpaired) electrons. The highest BCUT2D eigenvalue weighted by Crippen LogP contribution is 2.41. The Balaban J connectivity index is 5.37. The van der Waals surface area contributed by atoms with Crippen LogP contribution in [-0.2, 0) is 9.53 Å². The molecule has 98 valence electrons. The molecule has 0 saturated heterocycles. The first-order valence-corrected chi connectivity index (χ1v) is 5.80. The second kappa shape index (κ2) is 5.53. The van der Waals surface area contributed by atoms with E-state index in [4.69, 9.17) is 9.84 Å². The summed E-state index contributed by atoms with van der Waals surface area (Å²) in [6, 6.07) is 0. The first-order chi connectivity index (χ1) is 7.54. The van der Waals surface area contributed by atoms with Crippen molar-refractivity contribution in [2.45, 2.75) is 27.7 Å². The normalized spacial score (nSPS) is 16.0. The van der Waals surface area contributed by atoms with E-state index in [1.54, 1.807) is 6.92 Å². The minimum absolute atomic E-state index is 0.216. The fourth-order valence-electron chi connectivity index (χ4n) is 1.19. The zero-order chi connectivity index (χ0) is 13.9. The number of amides is 1. The molecule has 0 aromatic heterocycles. The van der Waals surface area contributed by atoms with Crippen LogP contribution in [0.15, 0.2) is 10.7 Å². The number of halogens is 1. The second-order valence-electron chi connectivity index (χ2n) is 4.87. The fourth-order valence-corrected chi connectivity index (χ4v) is 1.81. The van der Waals surface area contributed by atoms with Gasteiger partial charge >= 0.3 is 12.1 Å². The topological polar surface area (TPSA) is 75.6 Å². The Morgan fingerprint density at radius 1 is 1.29 bits per heavy atom. The maximum absolute atomic E-state index is 11.8. The van der Waals surface area contributed by atoms with Gasteiger partial charge in [0.25, 0.3) is 0 Å². The molecular formula is C11H18BrNO4. The van der Waals surface area contributed by atoms with E-state index in [9.17, 15) is 9.59 Å². The van der Waals surface area contributed by atoms with Gasteiger partial charge in [-0.2, -0.15) is 0 Å². The van der Waals surface area contributed by atoms with Gasteiger partial charge in [-0.25, -0.2) is 4.79 Å². The fraction of sp³-hybridized carbons (Fsp3) is 0.636. The predicted molar refractivity (Wildman–Crippen MR) is 67.7 cm³/mol. The lowest BCUT2D eigenvalue weighted by Crippen LogP contribution is -2.40. The molecule has 0 saturated carbocycles. The summed E-state index contributed by atoms with van der Waals surface area (Å²) in [6.07, 6.45) is 0.307. The van der Waals surface area contributed by atoms with Gasteiger partial charge in [0, 0.05) is 0 Å². The van der Waals surface area contributed by atoms with Gasteiger partial charge in [-0.3, -0.25) is 10.1 Å². The van der Waals surface area contributed by atoms with Crippen molar-refractivity contribution in [2.75, 3.05) is 7.11 Å². The first kappa shape index (κ1) is 16.0. The average molecular weight is 308 g/mol. The molecule has 0 rings (SSSR count).